The highest BCUT2D eigenvalue weighted by molar-refractivity contribution is 5.91. The van der Waals surface area contributed by atoms with Crippen LogP contribution in [0.15, 0.2) is 54.1 Å². The molecule has 0 atom stereocenters. The first-order valence-electron chi connectivity index (χ1n) is 6.31. The van der Waals surface area contributed by atoms with E-state index >= 15 is 0 Å². The van der Waals surface area contributed by atoms with Crippen molar-refractivity contribution in [2.45, 2.75) is 13.8 Å². The average Bonchev–Trinajstić information content (AvgIpc) is 2.43. The van der Waals surface area contributed by atoms with E-state index in [2.05, 4.69) is 0 Å². The van der Waals surface area contributed by atoms with E-state index < -0.39 is 5.97 Å². The molecule has 102 valence electrons. The molecule has 0 heterocycles. The number of aryl methyl sites for hydroxylation is 1. The zero-order valence-electron chi connectivity index (χ0n) is 11.5. The molecule has 0 radical (unpaired) electrons. The Morgan fingerprint density at radius 3 is 2.00 bits per heavy atom. The Labute approximate surface area is 118 Å². The van der Waals surface area contributed by atoms with Gasteiger partial charge in [-0.15, -0.1) is 0 Å². The molecule has 20 heavy (non-hydrogen) atoms. The van der Waals surface area contributed by atoms with Crippen molar-refractivity contribution in [3.63, 3.8) is 0 Å². The number of benzene rings is 2. The molecule has 2 aromatic carbocycles. The number of carbonyl (C=O) groups is 1. The topological polar surface area (TPSA) is 46.5 Å². The van der Waals surface area contributed by atoms with Gasteiger partial charge in [0.1, 0.15) is 11.5 Å². The first-order chi connectivity index (χ1) is 9.54. The first kappa shape index (κ1) is 13.9. The lowest BCUT2D eigenvalue weighted by Crippen LogP contribution is -1.95. The van der Waals surface area contributed by atoms with Crippen molar-refractivity contribution in [3.8, 4) is 11.5 Å². The van der Waals surface area contributed by atoms with Crippen LogP contribution >= 0.6 is 0 Å². The highest BCUT2D eigenvalue weighted by atomic mass is 16.5. The number of ether oxygens (including phenoxy) is 1. The summed E-state index contributed by atoms with van der Waals surface area (Å²) in [5, 5.41) is 8.82. The smallest absolute Gasteiger partial charge is 0.331 e. The quantitative estimate of drug-likeness (QED) is 0.842. The molecule has 0 saturated carbocycles. The highest BCUT2D eigenvalue weighted by Crippen LogP contribution is 2.22. The van der Waals surface area contributed by atoms with Gasteiger partial charge in [0.15, 0.2) is 0 Å². The summed E-state index contributed by atoms with van der Waals surface area (Å²) >= 11 is 0. The largest absolute Gasteiger partial charge is 0.478 e. The second-order valence-corrected chi connectivity index (χ2v) is 4.62. The van der Waals surface area contributed by atoms with Crippen LogP contribution in [0.3, 0.4) is 0 Å². The van der Waals surface area contributed by atoms with E-state index in [9.17, 15) is 4.79 Å². The van der Waals surface area contributed by atoms with Gasteiger partial charge in [0.25, 0.3) is 0 Å². The second kappa shape index (κ2) is 6.06. The standard InChI is InChI=1S/C17H16O3/c1-12-3-7-15(8-4-12)20-16-9-5-14(6-10-16)11-13(2)17(18)19/h3-11H,1-2H3,(H,18,19)/b13-11+. The molecule has 0 unspecified atom stereocenters. The van der Waals surface area contributed by atoms with Crippen LogP contribution in [0.25, 0.3) is 6.08 Å². The molecule has 3 nitrogen and oxygen atoms in total. The molecule has 0 fully saturated rings. The number of carboxylic acid groups (broad SMARTS) is 1. The van der Waals surface area contributed by atoms with Gasteiger partial charge in [0, 0.05) is 5.57 Å². The third kappa shape index (κ3) is 3.72. The Morgan fingerprint density at radius 2 is 1.50 bits per heavy atom. The lowest BCUT2D eigenvalue weighted by molar-refractivity contribution is -0.132. The van der Waals surface area contributed by atoms with E-state index in [4.69, 9.17) is 9.84 Å². The Morgan fingerprint density at radius 1 is 1.00 bits per heavy atom. The molecule has 0 aliphatic rings. The van der Waals surface area contributed by atoms with Crippen LogP contribution in [0.4, 0.5) is 0 Å². The summed E-state index contributed by atoms with van der Waals surface area (Å²) in [5.74, 6) is 0.588. The minimum absolute atomic E-state index is 0.303. The van der Waals surface area contributed by atoms with Crippen molar-refractivity contribution >= 4 is 12.0 Å². The van der Waals surface area contributed by atoms with E-state index in [0.29, 0.717) is 5.57 Å². The van der Waals surface area contributed by atoms with Gasteiger partial charge in [-0.2, -0.15) is 0 Å². The van der Waals surface area contributed by atoms with Gasteiger partial charge in [-0.25, -0.2) is 4.79 Å². The van der Waals surface area contributed by atoms with Crippen molar-refractivity contribution in [2.24, 2.45) is 0 Å². The molecule has 0 aliphatic carbocycles. The van der Waals surface area contributed by atoms with Gasteiger partial charge in [-0.3, -0.25) is 0 Å². The molecular weight excluding hydrogens is 252 g/mol. The Hall–Kier alpha value is -2.55. The summed E-state index contributed by atoms with van der Waals surface area (Å²) in [4.78, 5) is 10.7. The summed E-state index contributed by atoms with van der Waals surface area (Å²) in [6.45, 7) is 3.59. The third-order valence-corrected chi connectivity index (χ3v) is 2.86. The van der Waals surface area contributed by atoms with Crippen LogP contribution in [-0.2, 0) is 4.79 Å². The molecule has 2 rings (SSSR count). The zero-order chi connectivity index (χ0) is 14.5. The van der Waals surface area contributed by atoms with E-state index in [1.54, 1.807) is 13.0 Å². The maximum atomic E-state index is 10.7. The van der Waals surface area contributed by atoms with Gasteiger partial charge in [0.05, 0.1) is 0 Å². The minimum atomic E-state index is -0.912. The van der Waals surface area contributed by atoms with Crippen molar-refractivity contribution in [3.05, 3.63) is 65.2 Å². The molecule has 0 saturated heterocycles. The summed E-state index contributed by atoms with van der Waals surface area (Å²) in [7, 11) is 0. The average molecular weight is 268 g/mol. The molecule has 0 amide bonds. The molecule has 1 N–H and O–H groups in total. The number of aliphatic carboxylic acids is 1. The summed E-state index contributed by atoms with van der Waals surface area (Å²) < 4.78 is 5.70. The molecule has 2 aromatic rings. The van der Waals surface area contributed by atoms with Gasteiger partial charge in [-0.05, 0) is 49.8 Å². The van der Waals surface area contributed by atoms with E-state index in [1.165, 1.54) is 5.56 Å². The maximum Gasteiger partial charge on any atom is 0.331 e. The number of hydrogen-bond acceptors (Lipinski definition) is 2. The fraction of sp³-hybridized carbons (Fsp3) is 0.118. The Balaban J connectivity index is 2.10. The molecule has 3 heteroatoms. The predicted molar refractivity (Wildman–Crippen MR) is 79.0 cm³/mol. The monoisotopic (exact) mass is 268 g/mol. The van der Waals surface area contributed by atoms with Crippen molar-refractivity contribution in [1.82, 2.24) is 0 Å². The fourth-order valence-corrected chi connectivity index (χ4v) is 1.69. The van der Waals surface area contributed by atoms with Gasteiger partial charge >= 0.3 is 5.97 Å². The molecular formula is C17H16O3. The molecule has 0 bridgehead atoms. The van der Waals surface area contributed by atoms with E-state index in [-0.39, 0.29) is 0 Å². The lowest BCUT2D eigenvalue weighted by Gasteiger charge is -2.06. The lowest BCUT2D eigenvalue weighted by atomic mass is 10.1. The van der Waals surface area contributed by atoms with Gasteiger partial charge < -0.3 is 9.84 Å². The normalized spacial score (nSPS) is 11.2. The summed E-state index contributed by atoms with van der Waals surface area (Å²) in [6, 6.07) is 15.1. The van der Waals surface area contributed by atoms with Crippen LogP contribution in [0, 0.1) is 6.92 Å². The SMILES string of the molecule is C/C(=C\c1ccc(Oc2ccc(C)cc2)cc1)C(=O)O. The van der Waals surface area contributed by atoms with Crippen LogP contribution in [0.1, 0.15) is 18.1 Å². The zero-order valence-corrected chi connectivity index (χ0v) is 11.5. The number of hydrogen-bond donors (Lipinski definition) is 1. The second-order valence-electron chi connectivity index (χ2n) is 4.62. The molecule has 0 aromatic heterocycles. The van der Waals surface area contributed by atoms with Gasteiger partial charge in [0.2, 0.25) is 0 Å². The van der Waals surface area contributed by atoms with Crippen LogP contribution in [-0.4, -0.2) is 11.1 Å². The van der Waals surface area contributed by atoms with Gasteiger partial charge in [-0.1, -0.05) is 29.8 Å². The summed E-state index contributed by atoms with van der Waals surface area (Å²) in [6.07, 6.45) is 1.62. The highest BCUT2D eigenvalue weighted by Gasteiger charge is 2.01. The van der Waals surface area contributed by atoms with E-state index in [0.717, 1.165) is 17.1 Å². The van der Waals surface area contributed by atoms with E-state index in [1.807, 2.05) is 55.5 Å². The van der Waals surface area contributed by atoms with Crippen LogP contribution in [0.5, 0.6) is 11.5 Å². The maximum absolute atomic E-state index is 10.7. The number of carboxylic acids is 1. The fourth-order valence-electron chi connectivity index (χ4n) is 1.69. The Bertz CT molecular complexity index is 622. The Kier molecular flexibility index (Phi) is 4.20. The third-order valence-electron chi connectivity index (χ3n) is 2.86. The predicted octanol–water partition coefficient (Wildman–Crippen LogP) is 4.28. The number of rotatable bonds is 4. The van der Waals surface area contributed by atoms with Crippen molar-refractivity contribution < 1.29 is 14.6 Å². The first-order valence-corrected chi connectivity index (χ1v) is 6.31. The minimum Gasteiger partial charge on any atom is -0.478 e. The van der Waals surface area contributed by atoms with Crippen LogP contribution in [0.2, 0.25) is 0 Å². The molecule has 0 spiro atoms. The van der Waals surface area contributed by atoms with Crippen LogP contribution < -0.4 is 4.74 Å². The van der Waals surface area contributed by atoms with Crippen molar-refractivity contribution in [1.29, 1.82) is 0 Å². The van der Waals surface area contributed by atoms with Crippen molar-refractivity contribution in [2.75, 3.05) is 0 Å². The summed E-state index contributed by atoms with van der Waals surface area (Å²) in [5.41, 5.74) is 2.32. The molecule has 0 aliphatic heterocycles.